The maximum absolute atomic E-state index is 12.9. The first-order chi connectivity index (χ1) is 13.7. The van der Waals surface area contributed by atoms with Gasteiger partial charge in [0.15, 0.2) is 0 Å². The van der Waals surface area contributed by atoms with E-state index < -0.39 is 0 Å². The van der Waals surface area contributed by atoms with Crippen LogP contribution in [0.1, 0.15) is 25.7 Å². The van der Waals surface area contributed by atoms with Crippen LogP contribution in [0.3, 0.4) is 0 Å². The van der Waals surface area contributed by atoms with Crippen molar-refractivity contribution in [2.24, 2.45) is 7.05 Å². The van der Waals surface area contributed by atoms with Gasteiger partial charge < -0.3 is 10.1 Å². The molecule has 2 amide bonds. The average molecular weight is 383 g/mol. The summed E-state index contributed by atoms with van der Waals surface area (Å²) >= 11 is 0. The predicted molar refractivity (Wildman–Crippen MR) is 109 cm³/mol. The lowest BCUT2D eigenvalue weighted by atomic mass is 9.96. The smallest absolute Gasteiger partial charge is 0.320 e. The van der Waals surface area contributed by atoms with E-state index in [2.05, 4.69) is 20.6 Å². The van der Waals surface area contributed by atoms with Crippen LogP contribution in [-0.2, 0) is 11.8 Å². The van der Waals surface area contributed by atoms with Gasteiger partial charge in [0.05, 0.1) is 24.9 Å². The Hall–Kier alpha value is -2.38. The molecule has 2 N–H and O–H groups in total. The summed E-state index contributed by atoms with van der Waals surface area (Å²) in [5.41, 5.74) is 1.80. The minimum atomic E-state index is -0.160. The molecule has 1 aromatic heterocycles. The average Bonchev–Trinajstić information content (AvgIpc) is 3.30. The van der Waals surface area contributed by atoms with Crippen molar-refractivity contribution >= 4 is 11.8 Å². The third-order valence-electron chi connectivity index (χ3n) is 5.82. The Morgan fingerprint density at radius 1 is 1.18 bits per heavy atom. The van der Waals surface area contributed by atoms with E-state index in [0.717, 1.165) is 69.7 Å². The minimum Gasteiger partial charge on any atom is -0.379 e. The van der Waals surface area contributed by atoms with Gasteiger partial charge in [-0.15, -0.1) is 0 Å². The van der Waals surface area contributed by atoms with Gasteiger partial charge >= 0.3 is 6.03 Å². The standard InChI is InChI=1S/C21H29N5O2/c1-25-19(18(15-22-25)17-7-3-2-4-8-17)23-20(27)24-21(9-5-6-10-21)16-26-11-13-28-14-12-26/h2-4,7-8,15H,5-6,9-14,16H2,1H3,(H2,23,24,27). The van der Waals surface area contributed by atoms with Crippen LogP contribution in [0.2, 0.25) is 0 Å². The fourth-order valence-corrected chi connectivity index (χ4v) is 4.36. The zero-order valence-corrected chi connectivity index (χ0v) is 16.5. The van der Waals surface area contributed by atoms with Crippen LogP contribution in [-0.4, -0.2) is 59.1 Å². The molecule has 2 aromatic rings. The van der Waals surface area contributed by atoms with Crippen LogP contribution in [0.25, 0.3) is 11.1 Å². The molecule has 0 atom stereocenters. The summed E-state index contributed by atoms with van der Waals surface area (Å²) in [6.07, 6.45) is 6.16. The molecule has 1 aromatic carbocycles. The van der Waals surface area contributed by atoms with Crippen molar-refractivity contribution in [2.75, 3.05) is 38.2 Å². The second-order valence-corrected chi connectivity index (χ2v) is 7.85. The zero-order chi connectivity index (χ0) is 19.4. The number of ether oxygens (including phenoxy) is 1. The van der Waals surface area contributed by atoms with Gasteiger partial charge in [-0.25, -0.2) is 4.79 Å². The van der Waals surface area contributed by atoms with Crippen molar-refractivity contribution in [2.45, 2.75) is 31.2 Å². The van der Waals surface area contributed by atoms with Gasteiger partial charge in [0.2, 0.25) is 0 Å². The Labute approximate surface area is 166 Å². The number of benzene rings is 1. The number of aryl methyl sites for hydroxylation is 1. The largest absolute Gasteiger partial charge is 0.379 e. The van der Waals surface area contributed by atoms with E-state index >= 15 is 0 Å². The molecule has 0 unspecified atom stereocenters. The predicted octanol–water partition coefficient (Wildman–Crippen LogP) is 2.85. The molecule has 2 heterocycles. The monoisotopic (exact) mass is 383 g/mol. The molecule has 2 aliphatic rings. The second kappa shape index (κ2) is 8.32. The van der Waals surface area contributed by atoms with Crippen LogP contribution >= 0.6 is 0 Å². The first-order valence-electron chi connectivity index (χ1n) is 10.1. The van der Waals surface area contributed by atoms with E-state index in [0.29, 0.717) is 5.82 Å². The van der Waals surface area contributed by atoms with Crippen molar-refractivity contribution in [3.8, 4) is 11.1 Å². The first kappa shape index (κ1) is 19.0. The lowest BCUT2D eigenvalue weighted by molar-refractivity contribution is 0.0254. The number of nitrogens with one attached hydrogen (secondary N) is 2. The number of hydrogen-bond donors (Lipinski definition) is 2. The molecular formula is C21H29N5O2. The summed E-state index contributed by atoms with van der Waals surface area (Å²) in [5, 5.41) is 10.7. The highest BCUT2D eigenvalue weighted by Crippen LogP contribution is 2.32. The number of carbonyl (C=O) groups excluding carboxylic acids is 1. The molecule has 7 nitrogen and oxygen atoms in total. The second-order valence-electron chi connectivity index (χ2n) is 7.85. The fourth-order valence-electron chi connectivity index (χ4n) is 4.36. The molecule has 28 heavy (non-hydrogen) atoms. The summed E-state index contributed by atoms with van der Waals surface area (Å²) in [5.74, 6) is 0.711. The maximum Gasteiger partial charge on any atom is 0.320 e. The van der Waals surface area contributed by atoms with Crippen molar-refractivity contribution in [3.05, 3.63) is 36.5 Å². The quantitative estimate of drug-likeness (QED) is 0.833. The number of anilines is 1. The number of nitrogens with zero attached hydrogens (tertiary/aromatic N) is 3. The van der Waals surface area contributed by atoms with Crippen LogP contribution in [0, 0.1) is 0 Å². The zero-order valence-electron chi connectivity index (χ0n) is 16.5. The molecule has 1 saturated carbocycles. The van der Waals surface area contributed by atoms with Gasteiger partial charge in [-0.3, -0.25) is 14.9 Å². The molecular weight excluding hydrogens is 354 g/mol. The number of carbonyl (C=O) groups is 1. The number of morpholine rings is 1. The van der Waals surface area contributed by atoms with E-state index in [-0.39, 0.29) is 11.6 Å². The summed E-state index contributed by atoms with van der Waals surface area (Å²) in [7, 11) is 1.85. The van der Waals surface area contributed by atoms with E-state index in [4.69, 9.17) is 4.74 Å². The van der Waals surface area contributed by atoms with Crippen LogP contribution < -0.4 is 10.6 Å². The summed E-state index contributed by atoms with van der Waals surface area (Å²) in [4.78, 5) is 15.4. The number of rotatable bonds is 5. The third-order valence-corrected chi connectivity index (χ3v) is 5.82. The molecule has 2 fully saturated rings. The Morgan fingerprint density at radius 2 is 1.89 bits per heavy atom. The molecule has 0 spiro atoms. The molecule has 1 aliphatic heterocycles. The molecule has 0 radical (unpaired) electrons. The van der Waals surface area contributed by atoms with Crippen LogP contribution in [0.4, 0.5) is 10.6 Å². The van der Waals surface area contributed by atoms with Crippen LogP contribution in [0.5, 0.6) is 0 Å². The van der Waals surface area contributed by atoms with Gasteiger partial charge in [0.25, 0.3) is 0 Å². The highest BCUT2D eigenvalue weighted by atomic mass is 16.5. The number of aromatic nitrogens is 2. The highest BCUT2D eigenvalue weighted by molar-refractivity contribution is 5.93. The minimum absolute atomic E-state index is 0.157. The molecule has 7 heteroatoms. The topological polar surface area (TPSA) is 71.4 Å². The number of hydrogen-bond acceptors (Lipinski definition) is 4. The summed E-state index contributed by atoms with van der Waals surface area (Å²) in [6.45, 7) is 4.31. The lowest BCUT2D eigenvalue weighted by Crippen LogP contribution is -2.56. The summed E-state index contributed by atoms with van der Waals surface area (Å²) < 4.78 is 7.18. The van der Waals surface area contributed by atoms with E-state index in [9.17, 15) is 4.79 Å². The van der Waals surface area contributed by atoms with Crippen molar-refractivity contribution < 1.29 is 9.53 Å². The SMILES string of the molecule is Cn1ncc(-c2ccccc2)c1NC(=O)NC1(CN2CCOCC2)CCCC1. The highest BCUT2D eigenvalue weighted by Gasteiger charge is 2.37. The Kier molecular flexibility index (Phi) is 5.64. The van der Waals surface area contributed by atoms with Crippen LogP contribution in [0.15, 0.2) is 36.5 Å². The van der Waals surface area contributed by atoms with Gasteiger partial charge in [-0.1, -0.05) is 43.2 Å². The lowest BCUT2D eigenvalue weighted by Gasteiger charge is -2.37. The van der Waals surface area contributed by atoms with E-state index in [1.54, 1.807) is 10.9 Å². The molecule has 150 valence electrons. The van der Waals surface area contributed by atoms with E-state index in [1.165, 1.54) is 0 Å². The van der Waals surface area contributed by atoms with E-state index in [1.807, 2.05) is 37.4 Å². The Balaban J connectivity index is 1.47. The molecule has 1 aliphatic carbocycles. The molecule has 4 rings (SSSR count). The first-order valence-corrected chi connectivity index (χ1v) is 10.1. The summed E-state index contributed by atoms with van der Waals surface area (Å²) in [6, 6.07) is 9.85. The maximum atomic E-state index is 12.9. The van der Waals surface area contributed by atoms with Crippen molar-refractivity contribution in [1.82, 2.24) is 20.0 Å². The van der Waals surface area contributed by atoms with Gasteiger partial charge in [-0.2, -0.15) is 5.10 Å². The number of urea groups is 1. The molecule has 0 bridgehead atoms. The molecule has 1 saturated heterocycles. The van der Waals surface area contributed by atoms with Gasteiger partial charge in [-0.05, 0) is 18.4 Å². The van der Waals surface area contributed by atoms with Crippen molar-refractivity contribution in [1.29, 1.82) is 0 Å². The van der Waals surface area contributed by atoms with Crippen molar-refractivity contribution in [3.63, 3.8) is 0 Å². The Bertz CT molecular complexity index is 792. The van der Waals surface area contributed by atoms with Gasteiger partial charge in [0.1, 0.15) is 5.82 Å². The number of amides is 2. The fraction of sp³-hybridized carbons (Fsp3) is 0.524. The van der Waals surface area contributed by atoms with Gasteiger partial charge in [0, 0.05) is 32.2 Å². The normalized spacial score (nSPS) is 19.5. The third kappa shape index (κ3) is 4.20. The Morgan fingerprint density at radius 3 is 2.61 bits per heavy atom.